The minimum absolute atomic E-state index is 0.0620. The topological polar surface area (TPSA) is 86.7 Å². The lowest BCUT2D eigenvalue weighted by Gasteiger charge is -2.22. The summed E-state index contributed by atoms with van der Waals surface area (Å²) in [5.41, 5.74) is 0.756. The fourth-order valence-corrected chi connectivity index (χ4v) is 2.36. The molecule has 0 spiro atoms. The van der Waals surface area contributed by atoms with Crippen molar-refractivity contribution in [3.63, 3.8) is 0 Å². The minimum atomic E-state index is -1.15. The highest BCUT2D eigenvalue weighted by molar-refractivity contribution is 6.21. The summed E-state index contributed by atoms with van der Waals surface area (Å²) in [7, 11) is 0. The Bertz CT molecular complexity index is 521. The zero-order valence-electron chi connectivity index (χ0n) is 11.1. The van der Waals surface area contributed by atoms with Crippen molar-refractivity contribution in [1.82, 2.24) is 10.2 Å². The number of amides is 3. The summed E-state index contributed by atoms with van der Waals surface area (Å²) in [6.45, 7) is 1.98. The Labute approximate surface area is 116 Å². The van der Waals surface area contributed by atoms with E-state index in [1.165, 1.54) is 0 Å². The molecule has 6 heteroatoms. The number of benzene rings is 1. The average molecular weight is 276 g/mol. The molecule has 1 heterocycles. The number of carbonyl (C=O) groups excluding carboxylic acids is 2. The van der Waals surface area contributed by atoms with Crippen molar-refractivity contribution in [2.75, 3.05) is 6.54 Å². The number of imide groups is 1. The van der Waals surface area contributed by atoms with Gasteiger partial charge in [0.15, 0.2) is 0 Å². The van der Waals surface area contributed by atoms with Crippen LogP contribution in [0.1, 0.15) is 40.5 Å². The molecular formula is C14H16N2O4. The second-order valence-corrected chi connectivity index (χ2v) is 4.70. The van der Waals surface area contributed by atoms with Crippen molar-refractivity contribution in [3.8, 4) is 0 Å². The number of hydrogen-bond donors (Lipinski definition) is 2. The molecule has 2 N–H and O–H groups in total. The molecule has 1 aliphatic rings. The molecule has 20 heavy (non-hydrogen) atoms. The highest BCUT2D eigenvalue weighted by atomic mass is 16.4. The predicted molar refractivity (Wildman–Crippen MR) is 71.7 cm³/mol. The van der Waals surface area contributed by atoms with Crippen LogP contribution in [-0.2, 0) is 0 Å². The summed E-state index contributed by atoms with van der Waals surface area (Å²) in [6.07, 6.45) is 0.174. The first-order valence-corrected chi connectivity index (χ1v) is 6.49. The van der Waals surface area contributed by atoms with Gasteiger partial charge in [0.2, 0.25) is 0 Å². The number of nitrogens with one attached hydrogen (secondary N) is 1. The van der Waals surface area contributed by atoms with E-state index in [9.17, 15) is 14.4 Å². The molecule has 1 aromatic carbocycles. The second-order valence-electron chi connectivity index (χ2n) is 4.70. The lowest BCUT2D eigenvalue weighted by Crippen LogP contribution is -2.45. The van der Waals surface area contributed by atoms with Gasteiger partial charge in [-0.1, -0.05) is 25.5 Å². The second kappa shape index (κ2) is 5.73. The van der Waals surface area contributed by atoms with Gasteiger partial charge in [-0.2, -0.15) is 0 Å². The molecule has 0 aromatic heterocycles. The van der Waals surface area contributed by atoms with Gasteiger partial charge < -0.3 is 10.4 Å². The molecule has 1 atom stereocenters. The molecule has 0 fully saturated rings. The highest BCUT2D eigenvalue weighted by Gasteiger charge is 2.36. The Hall–Kier alpha value is -2.37. The molecule has 3 amide bonds. The van der Waals surface area contributed by atoms with Crippen molar-refractivity contribution in [1.29, 1.82) is 0 Å². The Balaban J connectivity index is 2.16. The molecule has 6 nitrogen and oxygen atoms in total. The molecule has 106 valence electrons. The Morgan fingerprint density at radius 3 is 2.25 bits per heavy atom. The van der Waals surface area contributed by atoms with E-state index in [2.05, 4.69) is 5.32 Å². The molecule has 0 unspecified atom stereocenters. The summed E-state index contributed by atoms with van der Waals surface area (Å²) < 4.78 is 0. The zero-order chi connectivity index (χ0) is 14.7. The molecule has 0 aliphatic carbocycles. The van der Waals surface area contributed by atoms with Gasteiger partial charge in [0.1, 0.15) is 0 Å². The molecule has 0 saturated heterocycles. The van der Waals surface area contributed by atoms with Gasteiger partial charge in [0, 0.05) is 6.54 Å². The van der Waals surface area contributed by atoms with Crippen LogP contribution in [0.15, 0.2) is 24.3 Å². The molecule has 1 aliphatic heterocycles. The minimum Gasteiger partial charge on any atom is -0.465 e. The summed E-state index contributed by atoms with van der Waals surface area (Å²) in [5.74, 6) is -0.724. The van der Waals surface area contributed by atoms with Crippen LogP contribution >= 0.6 is 0 Å². The summed E-state index contributed by atoms with van der Waals surface area (Å²) >= 11 is 0. The molecule has 1 aromatic rings. The largest absolute Gasteiger partial charge is 0.465 e. The van der Waals surface area contributed by atoms with Crippen molar-refractivity contribution in [2.45, 2.75) is 25.8 Å². The maximum atomic E-state index is 12.2. The first kappa shape index (κ1) is 14.0. The van der Waals surface area contributed by atoms with Crippen LogP contribution < -0.4 is 5.32 Å². The van der Waals surface area contributed by atoms with Gasteiger partial charge in [-0.15, -0.1) is 0 Å². The van der Waals surface area contributed by atoms with E-state index >= 15 is 0 Å². The van der Waals surface area contributed by atoms with Crippen molar-refractivity contribution in [3.05, 3.63) is 35.4 Å². The third-order valence-corrected chi connectivity index (χ3v) is 3.25. The maximum absolute atomic E-state index is 12.2. The zero-order valence-corrected chi connectivity index (χ0v) is 11.1. The van der Waals surface area contributed by atoms with Crippen LogP contribution in [0.4, 0.5) is 4.79 Å². The van der Waals surface area contributed by atoms with Crippen LogP contribution in [0.5, 0.6) is 0 Å². The van der Waals surface area contributed by atoms with E-state index in [-0.39, 0.29) is 18.4 Å². The third-order valence-electron chi connectivity index (χ3n) is 3.25. The number of carbonyl (C=O) groups is 3. The smallest absolute Gasteiger partial charge is 0.404 e. The van der Waals surface area contributed by atoms with Crippen LogP contribution in [0.2, 0.25) is 0 Å². The first-order chi connectivity index (χ1) is 9.54. The van der Waals surface area contributed by atoms with Crippen LogP contribution in [0.3, 0.4) is 0 Å². The number of carboxylic acid groups (broad SMARTS) is 1. The lowest BCUT2D eigenvalue weighted by atomic mass is 10.1. The van der Waals surface area contributed by atoms with Crippen molar-refractivity contribution < 1.29 is 19.5 Å². The predicted octanol–water partition coefficient (Wildman–Crippen LogP) is 1.72. The van der Waals surface area contributed by atoms with Gasteiger partial charge in [-0.05, 0) is 18.6 Å². The summed E-state index contributed by atoms with van der Waals surface area (Å²) in [6, 6.07) is 6.17. The maximum Gasteiger partial charge on any atom is 0.404 e. The van der Waals surface area contributed by atoms with Crippen molar-refractivity contribution >= 4 is 17.9 Å². The van der Waals surface area contributed by atoms with Gasteiger partial charge in [-0.25, -0.2) is 4.79 Å². The van der Waals surface area contributed by atoms with E-state index in [1.54, 1.807) is 24.3 Å². The number of fused-ring (bicyclic) bond motifs is 1. The SMILES string of the molecule is CCC[C@@H](CN1C(=O)c2ccccc2C1=O)NC(=O)O. The van der Waals surface area contributed by atoms with Crippen molar-refractivity contribution in [2.24, 2.45) is 0 Å². The summed E-state index contributed by atoms with van der Waals surface area (Å²) in [4.78, 5) is 36.2. The first-order valence-electron chi connectivity index (χ1n) is 6.49. The van der Waals surface area contributed by atoms with Crippen LogP contribution in [0.25, 0.3) is 0 Å². The van der Waals surface area contributed by atoms with Gasteiger partial charge >= 0.3 is 6.09 Å². The normalized spacial score (nSPS) is 15.2. The molecule has 0 radical (unpaired) electrons. The molecule has 0 bridgehead atoms. The van der Waals surface area contributed by atoms with E-state index in [4.69, 9.17) is 5.11 Å². The highest BCUT2D eigenvalue weighted by Crippen LogP contribution is 2.22. The summed E-state index contributed by atoms with van der Waals surface area (Å²) in [5, 5.41) is 11.1. The van der Waals surface area contributed by atoms with Gasteiger partial charge in [0.05, 0.1) is 17.2 Å². The third kappa shape index (κ3) is 2.64. The standard InChI is InChI=1S/C14H16N2O4/c1-2-5-9(15-14(19)20)8-16-12(17)10-6-3-4-7-11(10)13(16)18/h3-4,6-7,9,15H,2,5,8H2,1H3,(H,19,20)/t9-/m0/s1. The lowest BCUT2D eigenvalue weighted by molar-refractivity contribution is 0.0634. The van der Waals surface area contributed by atoms with Crippen LogP contribution in [-0.4, -0.2) is 40.5 Å². The number of hydrogen-bond acceptors (Lipinski definition) is 3. The Morgan fingerprint density at radius 1 is 1.25 bits per heavy atom. The van der Waals surface area contributed by atoms with Gasteiger partial charge in [0.25, 0.3) is 11.8 Å². The van der Waals surface area contributed by atoms with Gasteiger partial charge in [-0.3, -0.25) is 14.5 Å². The molecule has 2 rings (SSSR count). The average Bonchev–Trinajstić information content (AvgIpc) is 2.64. The fraction of sp³-hybridized carbons (Fsp3) is 0.357. The van der Waals surface area contributed by atoms with E-state index in [0.717, 1.165) is 11.3 Å². The van der Waals surface area contributed by atoms with E-state index in [1.807, 2.05) is 6.92 Å². The molecule has 0 saturated carbocycles. The quantitative estimate of drug-likeness (QED) is 0.802. The Kier molecular flexibility index (Phi) is 4.02. The number of nitrogens with zero attached hydrogens (tertiary/aromatic N) is 1. The van der Waals surface area contributed by atoms with E-state index in [0.29, 0.717) is 17.5 Å². The fourth-order valence-electron chi connectivity index (χ4n) is 2.36. The Morgan fingerprint density at radius 2 is 1.80 bits per heavy atom. The number of rotatable bonds is 5. The van der Waals surface area contributed by atoms with E-state index < -0.39 is 12.1 Å². The molecular weight excluding hydrogens is 260 g/mol. The van der Waals surface area contributed by atoms with Crippen LogP contribution in [0, 0.1) is 0 Å². The monoisotopic (exact) mass is 276 g/mol.